The molecular formula is C17H13N3O. The number of para-hydroxylation sites is 1. The lowest BCUT2D eigenvalue weighted by Gasteiger charge is -2.15. The number of aromatic nitrogens is 3. The summed E-state index contributed by atoms with van der Waals surface area (Å²) in [6.07, 6.45) is 7.02. The molecule has 4 nitrogen and oxygen atoms in total. The molecule has 0 aliphatic carbocycles. The van der Waals surface area contributed by atoms with Gasteiger partial charge in [-0.25, -0.2) is 4.98 Å². The van der Waals surface area contributed by atoms with Gasteiger partial charge in [-0.05, 0) is 23.8 Å². The van der Waals surface area contributed by atoms with Gasteiger partial charge in [0.1, 0.15) is 5.76 Å². The van der Waals surface area contributed by atoms with Crippen LogP contribution >= 0.6 is 0 Å². The molecule has 21 heavy (non-hydrogen) atoms. The van der Waals surface area contributed by atoms with Crippen LogP contribution in [0.5, 0.6) is 0 Å². The monoisotopic (exact) mass is 275 g/mol. The Morgan fingerprint density at radius 1 is 1.05 bits per heavy atom. The van der Waals surface area contributed by atoms with E-state index in [9.17, 15) is 0 Å². The first-order chi connectivity index (χ1) is 10.4. The van der Waals surface area contributed by atoms with Crippen LogP contribution in [0.3, 0.4) is 0 Å². The molecule has 0 aliphatic heterocycles. The fourth-order valence-corrected chi connectivity index (χ4v) is 2.71. The summed E-state index contributed by atoms with van der Waals surface area (Å²) in [5, 5.41) is 1.12. The second-order valence-corrected chi connectivity index (χ2v) is 4.88. The highest BCUT2D eigenvalue weighted by atomic mass is 16.3. The molecule has 1 aromatic carbocycles. The molecule has 1 unspecified atom stereocenters. The Hall–Kier alpha value is -2.88. The first-order valence-electron chi connectivity index (χ1n) is 6.79. The second-order valence-electron chi connectivity index (χ2n) is 4.88. The number of pyridine rings is 1. The molecule has 0 saturated heterocycles. The van der Waals surface area contributed by atoms with Gasteiger partial charge in [0.15, 0.2) is 0 Å². The van der Waals surface area contributed by atoms with Crippen LogP contribution in [0.1, 0.15) is 22.9 Å². The zero-order valence-electron chi connectivity index (χ0n) is 11.2. The highest BCUT2D eigenvalue weighted by Gasteiger charge is 2.23. The molecule has 102 valence electrons. The van der Waals surface area contributed by atoms with Crippen molar-refractivity contribution in [2.45, 2.75) is 5.92 Å². The normalized spacial score (nSPS) is 12.6. The van der Waals surface area contributed by atoms with Gasteiger partial charge in [0.25, 0.3) is 0 Å². The predicted octanol–water partition coefficient (Wildman–Crippen LogP) is 3.73. The van der Waals surface area contributed by atoms with E-state index in [4.69, 9.17) is 4.42 Å². The van der Waals surface area contributed by atoms with Crippen LogP contribution in [0.4, 0.5) is 0 Å². The number of H-pyrrole nitrogens is 1. The van der Waals surface area contributed by atoms with Crippen molar-refractivity contribution in [2.24, 2.45) is 0 Å². The Balaban J connectivity index is 1.98. The Kier molecular flexibility index (Phi) is 2.78. The number of fused-ring (bicyclic) bond motifs is 1. The first kappa shape index (κ1) is 11.9. The van der Waals surface area contributed by atoms with E-state index in [-0.39, 0.29) is 5.92 Å². The molecule has 0 saturated carbocycles. The van der Waals surface area contributed by atoms with E-state index < -0.39 is 0 Å². The summed E-state index contributed by atoms with van der Waals surface area (Å²) in [7, 11) is 0. The van der Waals surface area contributed by atoms with Crippen molar-refractivity contribution in [2.75, 3.05) is 0 Å². The summed E-state index contributed by atoms with van der Waals surface area (Å²) in [5.41, 5.74) is 3.08. The number of benzene rings is 1. The minimum absolute atomic E-state index is 0.0406. The lowest BCUT2D eigenvalue weighted by atomic mass is 9.91. The highest BCUT2D eigenvalue weighted by Crippen LogP contribution is 2.34. The van der Waals surface area contributed by atoms with Crippen LogP contribution < -0.4 is 0 Å². The summed E-state index contributed by atoms with van der Waals surface area (Å²) < 4.78 is 5.65. The van der Waals surface area contributed by atoms with Crippen molar-refractivity contribution in [3.63, 3.8) is 0 Å². The maximum Gasteiger partial charge on any atom is 0.117 e. The summed E-state index contributed by atoms with van der Waals surface area (Å²) >= 11 is 0. The lowest BCUT2D eigenvalue weighted by Crippen LogP contribution is -2.04. The third-order valence-electron chi connectivity index (χ3n) is 3.63. The van der Waals surface area contributed by atoms with Crippen molar-refractivity contribution >= 4 is 10.9 Å². The van der Waals surface area contributed by atoms with Crippen LogP contribution in [0.2, 0.25) is 0 Å². The Bertz CT molecular complexity index is 811. The number of nitrogens with zero attached hydrogens (tertiary/aromatic N) is 2. The third kappa shape index (κ3) is 2.01. The van der Waals surface area contributed by atoms with Gasteiger partial charge in [-0.1, -0.05) is 24.3 Å². The topological polar surface area (TPSA) is 54.7 Å². The number of furan rings is 1. The molecule has 0 radical (unpaired) electrons. The van der Waals surface area contributed by atoms with Crippen molar-refractivity contribution in [1.82, 2.24) is 15.0 Å². The molecule has 1 N–H and O–H groups in total. The van der Waals surface area contributed by atoms with Gasteiger partial charge < -0.3 is 9.40 Å². The van der Waals surface area contributed by atoms with Crippen LogP contribution in [-0.2, 0) is 0 Å². The minimum atomic E-state index is -0.0406. The number of aromatic amines is 1. The Morgan fingerprint density at radius 2 is 2.00 bits per heavy atom. The van der Waals surface area contributed by atoms with E-state index in [2.05, 4.69) is 33.2 Å². The van der Waals surface area contributed by atoms with E-state index in [0.29, 0.717) is 0 Å². The number of imidazole rings is 1. The molecule has 0 aliphatic rings. The maximum absolute atomic E-state index is 5.65. The van der Waals surface area contributed by atoms with Gasteiger partial charge in [0.2, 0.25) is 0 Å². The smallest absolute Gasteiger partial charge is 0.117 e. The largest absolute Gasteiger partial charge is 0.468 e. The molecule has 3 heterocycles. The number of hydrogen-bond donors (Lipinski definition) is 1. The molecular weight excluding hydrogens is 262 g/mol. The first-order valence-corrected chi connectivity index (χ1v) is 6.79. The van der Waals surface area contributed by atoms with Crippen molar-refractivity contribution in [1.29, 1.82) is 0 Å². The van der Waals surface area contributed by atoms with E-state index >= 15 is 0 Å². The van der Waals surface area contributed by atoms with E-state index in [1.54, 1.807) is 12.6 Å². The lowest BCUT2D eigenvalue weighted by molar-refractivity contribution is 0.502. The van der Waals surface area contributed by atoms with Crippen LogP contribution in [0.15, 0.2) is 71.9 Å². The SMILES string of the molecule is c1coc(C(c2cnc[nH]2)c2cccc3cccnc23)c1. The third-order valence-corrected chi connectivity index (χ3v) is 3.63. The average molecular weight is 275 g/mol. The fourth-order valence-electron chi connectivity index (χ4n) is 2.71. The maximum atomic E-state index is 5.65. The van der Waals surface area contributed by atoms with Crippen molar-refractivity contribution in [3.8, 4) is 0 Å². The molecule has 4 aromatic rings. The van der Waals surface area contributed by atoms with Crippen molar-refractivity contribution < 1.29 is 4.42 Å². The van der Waals surface area contributed by atoms with Crippen LogP contribution in [0.25, 0.3) is 10.9 Å². The van der Waals surface area contributed by atoms with Crippen LogP contribution in [0, 0.1) is 0 Å². The Labute approximate surface area is 121 Å². The van der Waals surface area contributed by atoms with Gasteiger partial charge in [-0.15, -0.1) is 0 Å². The molecule has 0 amide bonds. The van der Waals surface area contributed by atoms with Crippen molar-refractivity contribution in [3.05, 3.63) is 84.5 Å². The second kappa shape index (κ2) is 4.90. The quantitative estimate of drug-likeness (QED) is 0.619. The number of rotatable bonds is 3. The van der Waals surface area contributed by atoms with Crippen LogP contribution in [-0.4, -0.2) is 15.0 Å². The van der Waals surface area contributed by atoms with E-state index in [1.165, 1.54) is 0 Å². The molecule has 4 rings (SSSR count). The van der Waals surface area contributed by atoms with Gasteiger partial charge >= 0.3 is 0 Å². The summed E-state index contributed by atoms with van der Waals surface area (Å²) in [4.78, 5) is 11.9. The highest BCUT2D eigenvalue weighted by molar-refractivity contribution is 5.82. The molecule has 0 bridgehead atoms. The van der Waals surface area contributed by atoms with E-state index in [1.807, 2.05) is 36.7 Å². The summed E-state index contributed by atoms with van der Waals surface area (Å²) in [6.45, 7) is 0. The molecule has 0 spiro atoms. The molecule has 0 fully saturated rings. The number of nitrogens with one attached hydrogen (secondary N) is 1. The van der Waals surface area contributed by atoms with E-state index in [0.717, 1.165) is 27.9 Å². The fraction of sp³-hybridized carbons (Fsp3) is 0.0588. The Morgan fingerprint density at radius 3 is 2.81 bits per heavy atom. The summed E-state index contributed by atoms with van der Waals surface area (Å²) in [6, 6.07) is 14.1. The molecule has 4 heteroatoms. The van der Waals surface area contributed by atoms with Gasteiger partial charge in [-0.2, -0.15) is 0 Å². The zero-order chi connectivity index (χ0) is 14.1. The zero-order valence-corrected chi connectivity index (χ0v) is 11.2. The minimum Gasteiger partial charge on any atom is -0.468 e. The van der Waals surface area contributed by atoms with Gasteiger partial charge in [0, 0.05) is 23.5 Å². The average Bonchev–Trinajstić information content (AvgIpc) is 3.22. The molecule has 3 aromatic heterocycles. The predicted molar refractivity (Wildman–Crippen MR) is 80.0 cm³/mol. The van der Waals surface area contributed by atoms with Gasteiger partial charge in [0.05, 0.1) is 24.0 Å². The standard InChI is InChI=1S/C17H13N3O/c1-4-12-5-2-8-19-17(12)13(6-1)16(14-10-18-11-20-14)15-7-3-9-21-15/h1-11,16H,(H,18,20). The summed E-state index contributed by atoms with van der Waals surface area (Å²) in [5.74, 6) is 0.832. The van der Waals surface area contributed by atoms with Gasteiger partial charge in [-0.3, -0.25) is 4.98 Å². The molecule has 1 atom stereocenters. The number of hydrogen-bond acceptors (Lipinski definition) is 3.